The van der Waals surface area contributed by atoms with E-state index in [1.54, 1.807) is 13.1 Å². The summed E-state index contributed by atoms with van der Waals surface area (Å²) in [6.45, 7) is 0. The summed E-state index contributed by atoms with van der Waals surface area (Å²) in [7, 11) is 1.74. The number of hydrogen-bond donors (Lipinski definition) is 1. The van der Waals surface area contributed by atoms with Crippen LogP contribution in [0, 0.1) is 0 Å². The second-order valence-electron chi connectivity index (χ2n) is 4.04. The Morgan fingerprint density at radius 2 is 1.86 bits per heavy atom. The zero-order valence-corrected chi connectivity index (χ0v) is 13.7. The molecule has 1 N–H and O–H groups in total. The molecule has 2 aromatic heterocycles. The van der Waals surface area contributed by atoms with Crippen molar-refractivity contribution in [1.82, 2.24) is 9.97 Å². The average Bonchev–Trinajstić information content (AvgIpc) is 2.93. The standard InChI is InChI=1S/C13H8Cl3N3OS/c1-17-13-18-11(6-2-3-21-12(6)19-13)20-10-5-8(15)7(14)4-9(10)16/h2-5H,1H3,(H,17,18,19). The SMILES string of the molecule is CNc1nc(Oc2cc(Cl)c(Cl)cc2Cl)c2ccsc2n1. The number of hydrogen-bond acceptors (Lipinski definition) is 5. The summed E-state index contributed by atoms with van der Waals surface area (Å²) in [5.74, 6) is 1.27. The Morgan fingerprint density at radius 1 is 1.10 bits per heavy atom. The van der Waals surface area contributed by atoms with Crippen molar-refractivity contribution in [3.63, 3.8) is 0 Å². The van der Waals surface area contributed by atoms with Gasteiger partial charge in [-0.2, -0.15) is 4.98 Å². The number of aromatic nitrogens is 2. The van der Waals surface area contributed by atoms with Gasteiger partial charge < -0.3 is 10.1 Å². The Kier molecular flexibility index (Phi) is 4.08. The molecule has 0 aliphatic rings. The summed E-state index contributed by atoms with van der Waals surface area (Å²) in [5.41, 5.74) is 0. The molecule has 0 atom stereocenters. The first-order valence-corrected chi connectivity index (χ1v) is 7.85. The zero-order valence-electron chi connectivity index (χ0n) is 10.7. The molecule has 21 heavy (non-hydrogen) atoms. The van der Waals surface area contributed by atoms with Gasteiger partial charge in [0.1, 0.15) is 10.6 Å². The quantitative estimate of drug-likeness (QED) is 0.628. The largest absolute Gasteiger partial charge is 0.437 e. The number of fused-ring (bicyclic) bond motifs is 1. The number of thiophene rings is 1. The molecule has 0 saturated carbocycles. The molecule has 0 amide bonds. The lowest BCUT2D eigenvalue weighted by Gasteiger charge is -2.10. The molecule has 4 nitrogen and oxygen atoms in total. The molecule has 3 aromatic rings. The molecule has 0 spiro atoms. The first-order valence-electron chi connectivity index (χ1n) is 5.84. The summed E-state index contributed by atoms with van der Waals surface area (Å²) in [5, 5.41) is 6.71. The van der Waals surface area contributed by atoms with Crippen molar-refractivity contribution in [2.75, 3.05) is 12.4 Å². The molecule has 0 radical (unpaired) electrons. The highest BCUT2D eigenvalue weighted by molar-refractivity contribution is 7.16. The van der Waals surface area contributed by atoms with Crippen LogP contribution in [0.5, 0.6) is 11.6 Å². The minimum absolute atomic E-state index is 0.359. The van der Waals surface area contributed by atoms with Gasteiger partial charge in [-0.1, -0.05) is 34.8 Å². The Bertz CT molecular complexity index is 822. The molecule has 3 rings (SSSR count). The molecular weight excluding hydrogens is 353 g/mol. The van der Waals surface area contributed by atoms with Gasteiger partial charge in [-0.15, -0.1) is 11.3 Å². The normalized spacial score (nSPS) is 10.9. The van der Waals surface area contributed by atoms with Crippen LogP contribution >= 0.6 is 46.1 Å². The van der Waals surface area contributed by atoms with Crippen LogP contribution in [0.2, 0.25) is 15.1 Å². The fraction of sp³-hybridized carbons (Fsp3) is 0.0769. The van der Waals surface area contributed by atoms with Gasteiger partial charge in [0.2, 0.25) is 11.8 Å². The van der Waals surface area contributed by atoms with E-state index < -0.39 is 0 Å². The fourth-order valence-electron chi connectivity index (χ4n) is 1.70. The van der Waals surface area contributed by atoms with E-state index in [0.29, 0.717) is 32.6 Å². The van der Waals surface area contributed by atoms with Crippen molar-refractivity contribution in [2.45, 2.75) is 0 Å². The summed E-state index contributed by atoms with van der Waals surface area (Å²) in [4.78, 5) is 9.47. The van der Waals surface area contributed by atoms with E-state index in [2.05, 4.69) is 15.3 Å². The zero-order chi connectivity index (χ0) is 15.0. The van der Waals surface area contributed by atoms with Gasteiger partial charge >= 0.3 is 0 Å². The van der Waals surface area contributed by atoms with E-state index in [4.69, 9.17) is 39.5 Å². The number of rotatable bonds is 3. The number of anilines is 1. The lowest BCUT2D eigenvalue weighted by molar-refractivity contribution is 0.469. The van der Waals surface area contributed by atoms with Crippen molar-refractivity contribution in [3.05, 3.63) is 38.6 Å². The number of nitrogens with zero attached hydrogens (tertiary/aromatic N) is 2. The third kappa shape index (κ3) is 2.87. The molecular formula is C13H8Cl3N3OS. The average molecular weight is 361 g/mol. The smallest absolute Gasteiger partial charge is 0.232 e. The number of ether oxygens (including phenoxy) is 1. The van der Waals surface area contributed by atoms with Crippen LogP contribution in [-0.2, 0) is 0 Å². The second-order valence-corrected chi connectivity index (χ2v) is 6.16. The summed E-state index contributed by atoms with van der Waals surface area (Å²) in [6.07, 6.45) is 0. The highest BCUT2D eigenvalue weighted by Crippen LogP contribution is 2.38. The van der Waals surface area contributed by atoms with Gasteiger partial charge in [-0.3, -0.25) is 0 Å². The van der Waals surface area contributed by atoms with Crippen LogP contribution in [0.4, 0.5) is 5.95 Å². The maximum Gasteiger partial charge on any atom is 0.232 e. The van der Waals surface area contributed by atoms with E-state index in [0.717, 1.165) is 10.2 Å². The molecule has 0 aliphatic carbocycles. The topological polar surface area (TPSA) is 47.0 Å². The fourth-order valence-corrected chi connectivity index (χ4v) is 3.03. The molecule has 2 heterocycles. The highest BCUT2D eigenvalue weighted by Gasteiger charge is 2.14. The Balaban J connectivity index is 2.09. The molecule has 0 unspecified atom stereocenters. The minimum Gasteiger partial charge on any atom is -0.437 e. The predicted octanol–water partition coefficient (Wildman–Crippen LogP) is 5.49. The lowest BCUT2D eigenvalue weighted by Crippen LogP contribution is -1.98. The molecule has 0 aliphatic heterocycles. The number of benzene rings is 1. The van der Waals surface area contributed by atoms with Crippen LogP contribution in [-0.4, -0.2) is 17.0 Å². The number of nitrogens with one attached hydrogen (secondary N) is 1. The second kappa shape index (κ2) is 5.85. The van der Waals surface area contributed by atoms with Crippen LogP contribution in [0.15, 0.2) is 23.6 Å². The van der Waals surface area contributed by atoms with Gasteiger partial charge in [-0.25, -0.2) is 4.98 Å². The third-order valence-electron chi connectivity index (χ3n) is 2.70. The van der Waals surface area contributed by atoms with Crippen molar-refractivity contribution in [3.8, 4) is 11.6 Å². The van der Waals surface area contributed by atoms with E-state index in [-0.39, 0.29) is 0 Å². The van der Waals surface area contributed by atoms with Crippen molar-refractivity contribution in [1.29, 1.82) is 0 Å². The summed E-state index contributed by atoms with van der Waals surface area (Å²) >= 11 is 19.5. The highest BCUT2D eigenvalue weighted by atomic mass is 35.5. The monoisotopic (exact) mass is 359 g/mol. The third-order valence-corrected chi connectivity index (χ3v) is 4.52. The molecule has 108 valence electrons. The Hall–Kier alpha value is -1.27. The Morgan fingerprint density at radius 3 is 2.62 bits per heavy atom. The predicted molar refractivity (Wildman–Crippen MR) is 88.5 cm³/mol. The van der Waals surface area contributed by atoms with Crippen molar-refractivity contribution >= 4 is 62.3 Å². The first-order chi connectivity index (χ1) is 10.1. The lowest BCUT2D eigenvalue weighted by atomic mass is 10.3. The molecule has 0 bridgehead atoms. The van der Waals surface area contributed by atoms with Crippen LogP contribution in [0.1, 0.15) is 0 Å². The van der Waals surface area contributed by atoms with E-state index in [1.807, 2.05) is 11.4 Å². The van der Waals surface area contributed by atoms with Crippen LogP contribution in [0.25, 0.3) is 10.2 Å². The van der Waals surface area contributed by atoms with Gasteiger partial charge in [0.15, 0.2) is 0 Å². The van der Waals surface area contributed by atoms with E-state index in [9.17, 15) is 0 Å². The maximum absolute atomic E-state index is 6.13. The molecule has 8 heteroatoms. The molecule has 0 fully saturated rings. The Labute approximate surface area is 139 Å². The van der Waals surface area contributed by atoms with Gasteiger partial charge in [0.25, 0.3) is 0 Å². The van der Waals surface area contributed by atoms with E-state index in [1.165, 1.54) is 17.4 Å². The van der Waals surface area contributed by atoms with E-state index >= 15 is 0 Å². The minimum atomic E-state index is 0.359. The summed E-state index contributed by atoms with van der Waals surface area (Å²) < 4.78 is 5.80. The number of halogens is 3. The molecule has 0 saturated heterocycles. The van der Waals surface area contributed by atoms with Crippen molar-refractivity contribution < 1.29 is 4.74 Å². The van der Waals surface area contributed by atoms with Gasteiger partial charge in [0.05, 0.1) is 20.5 Å². The first kappa shape index (κ1) is 14.7. The molecule has 1 aromatic carbocycles. The van der Waals surface area contributed by atoms with Crippen LogP contribution < -0.4 is 10.1 Å². The van der Waals surface area contributed by atoms with Crippen molar-refractivity contribution in [2.24, 2.45) is 0 Å². The maximum atomic E-state index is 6.13. The van der Waals surface area contributed by atoms with Crippen LogP contribution in [0.3, 0.4) is 0 Å². The summed E-state index contributed by atoms with van der Waals surface area (Å²) in [6, 6.07) is 4.98. The van der Waals surface area contributed by atoms with Gasteiger partial charge in [0, 0.05) is 13.1 Å². The van der Waals surface area contributed by atoms with Gasteiger partial charge in [-0.05, 0) is 17.5 Å².